The monoisotopic (exact) mass is 570 g/mol. The second kappa shape index (κ2) is 11.1. The van der Waals surface area contributed by atoms with E-state index in [1.807, 2.05) is 64.7 Å². The maximum atomic E-state index is 11.1. The molecule has 12 heteroatoms. The predicted octanol–water partition coefficient (Wildman–Crippen LogP) is 6.10. The molecule has 2 aromatic carbocycles. The lowest BCUT2D eigenvalue weighted by Gasteiger charge is -2.17. The number of aromatic nitrogens is 2. The molecule has 3 heterocycles. The lowest BCUT2D eigenvalue weighted by Crippen LogP contribution is -2.14. The summed E-state index contributed by atoms with van der Waals surface area (Å²) in [5.74, 6) is 0. The summed E-state index contributed by atoms with van der Waals surface area (Å²) < 4.78 is 33.3. The van der Waals surface area contributed by atoms with Gasteiger partial charge in [0.15, 0.2) is 5.13 Å². The van der Waals surface area contributed by atoms with E-state index in [-0.39, 0.29) is 18.3 Å². The van der Waals surface area contributed by atoms with E-state index in [1.165, 1.54) is 11.3 Å². The molecular weight excluding hydrogens is 549 g/mol. The molecular formula is C25H22N4O4S4. The maximum Gasteiger partial charge on any atom is 0.357 e. The van der Waals surface area contributed by atoms with Crippen molar-refractivity contribution >= 4 is 55.1 Å². The number of hydrogen-bond donors (Lipinski definition) is 4. The molecule has 0 fully saturated rings. The number of aliphatic hydroxyl groups is 1. The molecule has 0 saturated heterocycles. The van der Waals surface area contributed by atoms with Gasteiger partial charge in [0, 0.05) is 16.3 Å². The first-order chi connectivity index (χ1) is 17.9. The van der Waals surface area contributed by atoms with Gasteiger partial charge in [0.1, 0.15) is 5.01 Å². The molecule has 0 radical (unpaired) electrons. The summed E-state index contributed by atoms with van der Waals surface area (Å²) in [5.41, 5.74) is 4.69. The topological polar surface area (TPSA) is 124 Å². The third kappa shape index (κ3) is 6.60. The highest BCUT2D eigenvalue weighted by Crippen LogP contribution is 2.34. The first kappa shape index (κ1) is 25.5. The van der Waals surface area contributed by atoms with Gasteiger partial charge in [-0.2, -0.15) is 8.42 Å². The second-order valence-corrected chi connectivity index (χ2v) is 11.9. The quantitative estimate of drug-likeness (QED) is 0.150. The fourth-order valence-electron chi connectivity index (χ4n) is 3.73. The van der Waals surface area contributed by atoms with Gasteiger partial charge >= 0.3 is 10.3 Å². The van der Waals surface area contributed by atoms with E-state index in [2.05, 4.69) is 10.0 Å². The molecule has 190 valence electrons. The van der Waals surface area contributed by atoms with Gasteiger partial charge in [-0.25, -0.2) is 9.97 Å². The highest BCUT2D eigenvalue weighted by Gasteiger charge is 2.19. The molecule has 1 atom stereocenters. The minimum absolute atomic E-state index is 0.0277. The van der Waals surface area contributed by atoms with Crippen molar-refractivity contribution in [1.29, 1.82) is 0 Å². The summed E-state index contributed by atoms with van der Waals surface area (Å²) in [7, 11) is -4.33. The summed E-state index contributed by atoms with van der Waals surface area (Å²) in [4.78, 5) is 10.8. The molecule has 0 spiro atoms. The van der Waals surface area contributed by atoms with Crippen LogP contribution in [0.1, 0.15) is 22.9 Å². The van der Waals surface area contributed by atoms with Crippen LogP contribution in [0.5, 0.6) is 0 Å². The average Bonchev–Trinajstić information content (AvgIpc) is 3.65. The van der Waals surface area contributed by atoms with Gasteiger partial charge in [-0.1, -0.05) is 36.4 Å². The van der Waals surface area contributed by atoms with Crippen molar-refractivity contribution in [1.82, 2.24) is 9.97 Å². The molecule has 0 bridgehead atoms. The number of benzene rings is 2. The van der Waals surface area contributed by atoms with Gasteiger partial charge in [0.2, 0.25) is 0 Å². The van der Waals surface area contributed by atoms with Crippen LogP contribution in [0.2, 0.25) is 0 Å². The average molecular weight is 571 g/mol. The molecule has 0 saturated carbocycles. The molecule has 5 aromatic rings. The van der Waals surface area contributed by atoms with Crippen molar-refractivity contribution in [3.05, 3.63) is 93.6 Å². The Morgan fingerprint density at radius 2 is 1.76 bits per heavy atom. The minimum atomic E-state index is -4.33. The smallest absolute Gasteiger partial charge is 0.357 e. The van der Waals surface area contributed by atoms with Gasteiger partial charge in [-0.3, -0.25) is 9.27 Å². The fraction of sp³-hybridized carbons (Fsp3) is 0.120. The summed E-state index contributed by atoms with van der Waals surface area (Å²) in [6.45, 7) is -0.0277. The highest BCUT2D eigenvalue weighted by atomic mass is 32.2. The summed E-state index contributed by atoms with van der Waals surface area (Å²) in [5, 5.41) is 20.7. The molecule has 0 amide bonds. The molecule has 4 N–H and O–H groups in total. The zero-order valence-corrected chi connectivity index (χ0v) is 22.5. The van der Waals surface area contributed by atoms with Crippen molar-refractivity contribution in [2.24, 2.45) is 0 Å². The summed E-state index contributed by atoms with van der Waals surface area (Å²) in [6.07, 6.45) is 0.578. The van der Waals surface area contributed by atoms with Crippen LogP contribution in [0.3, 0.4) is 0 Å². The Morgan fingerprint density at radius 3 is 2.49 bits per heavy atom. The van der Waals surface area contributed by atoms with Crippen LogP contribution < -0.4 is 10.0 Å². The van der Waals surface area contributed by atoms with Crippen LogP contribution in [0, 0.1) is 0 Å². The van der Waals surface area contributed by atoms with Crippen molar-refractivity contribution in [2.75, 3.05) is 10.0 Å². The van der Waals surface area contributed by atoms with E-state index in [1.54, 1.807) is 34.8 Å². The van der Waals surface area contributed by atoms with E-state index in [0.29, 0.717) is 6.42 Å². The number of nitrogens with one attached hydrogen (secondary N) is 2. The lowest BCUT2D eigenvalue weighted by molar-refractivity contribution is 0.282. The Hall–Kier alpha value is -3.13. The van der Waals surface area contributed by atoms with Gasteiger partial charge in [0.25, 0.3) is 0 Å². The first-order valence-corrected chi connectivity index (χ1v) is 15.2. The SMILES string of the molecule is O=S(=O)(O)Nc1ccc(C[C@H](Nc2nc(-c3cccc(CO)c3)cs2)c2csc(-c3cccs3)n2)cc1. The Labute approximate surface area is 226 Å². The number of rotatable bonds is 10. The number of hydrogen-bond acceptors (Lipinski definition) is 9. The van der Waals surface area contributed by atoms with Crippen molar-refractivity contribution in [3.8, 4) is 21.1 Å². The Kier molecular flexibility index (Phi) is 7.65. The largest absolute Gasteiger partial charge is 0.392 e. The predicted molar refractivity (Wildman–Crippen MR) is 151 cm³/mol. The van der Waals surface area contributed by atoms with Crippen molar-refractivity contribution in [2.45, 2.75) is 19.1 Å². The van der Waals surface area contributed by atoms with E-state index >= 15 is 0 Å². The molecule has 0 aliphatic carbocycles. The molecule has 5 rings (SSSR count). The van der Waals surface area contributed by atoms with E-state index in [4.69, 9.17) is 14.5 Å². The zero-order chi connectivity index (χ0) is 25.8. The number of thiazole rings is 2. The molecule has 0 unspecified atom stereocenters. The Balaban J connectivity index is 1.40. The van der Waals surface area contributed by atoms with Crippen LogP contribution in [-0.2, 0) is 23.3 Å². The lowest BCUT2D eigenvalue weighted by atomic mass is 10.0. The number of aliphatic hydroxyl groups excluding tert-OH is 1. The minimum Gasteiger partial charge on any atom is -0.392 e. The third-order valence-corrected chi connectivity index (χ3v) is 8.63. The van der Waals surface area contributed by atoms with Crippen LogP contribution >= 0.6 is 34.0 Å². The maximum absolute atomic E-state index is 11.1. The van der Waals surface area contributed by atoms with Gasteiger partial charge in [-0.15, -0.1) is 34.0 Å². The first-order valence-electron chi connectivity index (χ1n) is 11.1. The molecule has 3 aromatic heterocycles. The molecule has 37 heavy (non-hydrogen) atoms. The molecule has 0 aliphatic heterocycles. The van der Waals surface area contributed by atoms with E-state index in [0.717, 1.165) is 43.1 Å². The zero-order valence-electron chi connectivity index (χ0n) is 19.2. The van der Waals surface area contributed by atoms with Crippen LogP contribution in [-0.4, -0.2) is 28.0 Å². The van der Waals surface area contributed by atoms with Gasteiger partial charge in [-0.05, 0) is 47.2 Å². The van der Waals surface area contributed by atoms with E-state index in [9.17, 15) is 13.5 Å². The normalized spacial score (nSPS) is 12.4. The highest BCUT2D eigenvalue weighted by molar-refractivity contribution is 7.87. The van der Waals surface area contributed by atoms with Crippen LogP contribution in [0.15, 0.2) is 76.8 Å². The van der Waals surface area contributed by atoms with Crippen LogP contribution in [0.25, 0.3) is 21.1 Å². The second-order valence-electron chi connectivity index (χ2n) is 8.13. The third-order valence-electron chi connectivity index (χ3n) is 5.46. The number of thiophene rings is 1. The Morgan fingerprint density at radius 1 is 0.919 bits per heavy atom. The van der Waals surface area contributed by atoms with Gasteiger partial charge < -0.3 is 10.4 Å². The van der Waals surface area contributed by atoms with Gasteiger partial charge in [0.05, 0.1) is 34.6 Å². The summed E-state index contributed by atoms with van der Waals surface area (Å²) in [6, 6.07) is 18.3. The molecule has 0 aliphatic rings. The number of anilines is 2. The van der Waals surface area contributed by atoms with Crippen molar-refractivity contribution < 1.29 is 18.1 Å². The molecule has 8 nitrogen and oxygen atoms in total. The summed E-state index contributed by atoms with van der Waals surface area (Å²) >= 11 is 4.72. The van der Waals surface area contributed by atoms with Crippen LogP contribution in [0.4, 0.5) is 10.8 Å². The number of nitrogens with zero attached hydrogens (tertiary/aromatic N) is 2. The fourth-order valence-corrected chi connectivity index (χ4v) is 6.63. The Bertz CT molecular complexity index is 1580. The van der Waals surface area contributed by atoms with Crippen molar-refractivity contribution in [3.63, 3.8) is 0 Å². The van der Waals surface area contributed by atoms with E-state index < -0.39 is 10.3 Å². The standard InChI is InChI=1S/C25H22N4O4S4/c30-13-17-3-1-4-18(11-17)21-14-36-25(28-21)27-20(22-15-35-24(26-22)23-5-2-10-34-23)12-16-6-8-19(9-7-16)29-37(31,32)33/h1-11,14-15,20,29-30H,12-13H2,(H,27,28)(H,31,32,33)/t20-/m0/s1.